The Labute approximate surface area is 157 Å². The van der Waals surface area contributed by atoms with Gasteiger partial charge in [0.05, 0.1) is 18.4 Å². The third-order valence-corrected chi connectivity index (χ3v) is 4.77. The summed E-state index contributed by atoms with van der Waals surface area (Å²) in [4.78, 5) is 4.54. The van der Waals surface area contributed by atoms with E-state index in [4.69, 9.17) is 4.74 Å². The third-order valence-electron chi connectivity index (χ3n) is 4.77. The molecule has 0 aliphatic carbocycles. The number of anilines is 2. The highest BCUT2D eigenvalue weighted by molar-refractivity contribution is 5.58. The minimum Gasteiger partial charge on any atom is -0.495 e. The number of methoxy groups -OCH3 is 1. The van der Waals surface area contributed by atoms with Crippen molar-refractivity contribution in [1.29, 1.82) is 0 Å². The molecular formula is C20H24F3N3O. The lowest BCUT2D eigenvalue weighted by molar-refractivity contribution is -0.136. The van der Waals surface area contributed by atoms with Crippen molar-refractivity contribution >= 4 is 11.4 Å². The second-order valence-corrected chi connectivity index (χ2v) is 6.47. The maximum absolute atomic E-state index is 13.0. The molecular weight excluding hydrogens is 355 g/mol. The largest absolute Gasteiger partial charge is 0.495 e. The molecule has 0 saturated carbocycles. The van der Waals surface area contributed by atoms with Crippen molar-refractivity contribution in [3.05, 3.63) is 54.1 Å². The fourth-order valence-electron chi connectivity index (χ4n) is 3.34. The van der Waals surface area contributed by atoms with E-state index in [-0.39, 0.29) is 5.69 Å². The Bertz CT molecular complexity index is 743. The molecule has 7 heteroatoms. The zero-order valence-electron chi connectivity index (χ0n) is 15.3. The highest BCUT2D eigenvalue weighted by atomic mass is 19.4. The van der Waals surface area contributed by atoms with Crippen molar-refractivity contribution in [2.24, 2.45) is 0 Å². The fourth-order valence-corrected chi connectivity index (χ4v) is 3.34. The van der Waals surface area contributed by atoms with E-state index in [1.807, 2.05) is 24.3 Å². The van der Waals surface area contributed by atoms with Crippen molar-refractivity contribution in [1.82, 2.24) is 4.90 Å². The highest BCUT2D eigenvalue weighted by Crippen LogP contribution is 2.34. The predicted molar refractivity (Wildman–Crippen MR) is 102 cm³/mol. The average molecular weight is 379 g/mol. The standard InChI is InChI=1S/C20H24F3N3O/c1-27-19-9-5-4-8-18(19)26-14-12-25(13-15-26)11-10-24-17-7-3-2-6-16(17)20(21,22)23/h2-9,24H,10-15H2,1H3. The van der Waals surface area contributed by atoms with Crippen LogP contribution in [0.15, 0.2) is 48.5 Å². The molecule has 1 saturated heterocycles. The molecule has 3 rings (SSSR count). The molecule has 1 fully saturated rings. The van der Waals surface area contributed by atoms with Gasteiger partial charge in [0.2, 0.25) is 0 Å². The summed E-state index contributed by atoms with van der Waals surface area (Å²) in [6, 6.07) is 13.5. The molecule has 0 radical (unpaired) electrons. The zero-order valence-corrected chi connectivity index (χ0v) is 15.3. The van der Waals surface area contributed by atoms with Crippen LogP contribution >= 0.6 is 0 Å². The van der Waals surface area contributed by atoms with Crippen molar-refractivity contribution < 1.29 is 17.9 Å². The van der Waals surface area contributed by atoms with Gasteiger partial charge in [-0.25, -0.2) is 0 Å². The predicted octanol–water partition coefficient (Wildman–Crippen LogP) is 3.95. The van der Waals surface area contributed by atoms with E-state index < -0.39 is 11.7 Å². The van der Waals surface area contributed by atoms with Gasteiger partial charge in [-0.1, -0.05) is 24.3 Å². The Morgan fingerprint density at radius 3 is 2.33 bits per heavy atom. The number of alkyl halides is 3. The molecule has 1 aliphatic rings. The second kappa shape index (κ2) is 8.52. The van der Waals surface area contributed by atoms with Gasteiger partial charge in [0.15, 0.2) is 0 Å². The number of halogens is 3. The Morgan fingerprint density at radius 1 is 0.963 bits per heavy atom. The summed E-state index contributed by atoms with van der Waals surface area (Å²) in [5, 5.41) is 2.93. The Balaban J connectivity index is 1.50. The van der Waals surface area contributed by atoms with Crippen LogP contribution in [0.3, 0.4) is 0 Å². The summed E-state index contributed by atoms with van der Waals surface area (Å²) >= 11 is 0. The maximum atomic E-state index is 13.0. The van der Waals surface area contributed by atoms with Gasteiger partial charge in [-0.3, -0.25) is 4.90 Å². The van der Waals surface area contributed by atoms with Crippen LogP contribution < -0.4 is 15.0 Å². The van der Waals surface area contributed by atoms with Crippen molar-refractivity contribution in [3.63, 3.8) is 0 Å². The summed E-state index contributed by atoms with van der Waals surface area (Å²) in [7, 11) is 1.67. The van der Waals surface area contributed by atoms with Crippen LogP contribution in [0.5, 0.6) is 5.75 Å². The summed E-state index contributed by atoms with van der Waals surface area (Å²) in [6.45, 7) is 4.62. The molecule has 0 atom stereocenters. The maximum Gasteiger partial charge on any atom is 0.418 e. The first kappa shape index (κ1) is 19.4. The topological polar surface area (TPSA) is 27.7 Å². The van der Waals surface area contributed by atoms with Crippen LogP contribution in [0.25, 0.3) is 0 Å². The molecule has 2 aromatic carbocycles. The van der Waals surface area contributed by atoms with Gasteiger partial charge in [-0.2, -0.15) is 13.2 Å². The SMILES string of the molecule is COc1ccccc1N1CCN(CCNc2ccccc2C(F)(F)F)CC1. The van der Waals surface area contributed by atoms with Gasteiger partial charge in [0.1, 0.15) is 5.75 Å². The molecule has 4 nitrogen and oxygen atoms in total. The summed E-state index contributed by atoms with van der Waals surface area (Å²) < 4.78 is 44.5. The monoisotopic (exact) mass is 379 g/mol. The summed E-state index contributed by atoms with van der Waals surface area (Å²) in [5.41, 5.74) is 0.598. The fraction of sp³-hybridized carbons (Fsp3) is 0.400. The Kier molecular flexibility index (Phi) is 6.11. The van der Waals surface area contributed by atoms with Crippen LogP contribution in [0, 0.1) is 0 Å². The molecule has 0 aromatic heterocycles. The third kappa shape index (κ3) is 4.86. The van der Waals surface area contributed by atoms with E-state index in [0.29, 0.717) is 13.1 Å². The molecule has 0 amide bonds. The lowest BCUT2D eigenvalue weighted by Crippen LogP contribution is -2.47. The number of hydrogen-bond acceptors (Lipinski definition) is 4. The van der Waals surface area contributed by atoms with Crippen LogP contribution in [0.4, 0.5) is 24.5 Å². The number of piperazine rings is 1. The molecule has 27 heavy (non-hydrogen) atoms. The number of nitrogens with zero attached hydrogens (tertiary/aromatic N) is 2. The number of ether oxygens (including phenoxy) is 1. The molecule has 1 N–H and O–H groups in total. The van der Waals surface area contributed by atoms with E-state index >= 15 is 0 Å². The molecule has 2 aromatic rings. The van der Waals surface area contributed by atoms with E-state index in [1.165, 1.54) is 12.1 Å². The van der Waals surface area contributed by atoms with Crippen LogP contribution in [0.2, 0.25) is 0 Å². The normalized spacial score (nSPS) is 15.6. The number of nitrogens with one attached hydrogen (secondary N) is 1. The molecule has 1 aliphatic heterocycles. The first-order valence-corrected chi connectivity index (χ1v) is 8.99. The van der Waals surface area contributed by atoms with Gasteiger partial charge in [0, 0.05) is 45.0 Å². The number of benzene rings is 2. The lowest BCUT2D eigenvalue weighted by atomic mass is 10.1. The van der Waals surface area contributed by atoms with E-state index in [9.17, 15) is 13.2 Å². The second-order valence-electron chi connectivity index (χ2n) is 6.47. The van der Waals surface area contributed by atoms with E-state index in [1.54, 1.807) is 13.2 Å². The Hall–Kier alpha value is -2.41. The molecule has 1 heterocycles. The van der Waals surface area contributed by atoms with E-state index in [0.717, 1.165) is 43.7 Å². The Morgan fingerprint density at radius 2 is 1.63 bits per heavy atom. The quantitative estimate of drug-likeness (QED) is 0.823. The smallest absolute Gasteiger partial charge is 0.418 e. The first-order chi connectivity index (χ1) is 13.0. The average Bonchev–Trinajstić information content (AvgIpc) is 2.68. The zero-order chi connectivity index (χ0) is 19.3. The van der Waals surface area contributed by atoms with Gasteiger partial charge in [0.25, 0.3) is 0 Å². The van der Waals surface area contributed by atoms with Gasteiger partial charge in [-0.15, -0.1) is 0 Å². The number of rotatable bonds is 6. The van der Waals surface area contributed by atoms with Gasteiger partial charge >= 0.3 is 6.18 Å². The summed E-state index contributed by atoms with van der Waals surface area (Å²) in [5.74, 6) is 0.858. The summed E-state index contributed by atoms with van der Waals surface area (Å²) in [6.07, 6.45) is -4.34. The molecule has 0 bridgehead atoms. The lowest BCUT2D eigenvalue weighted by Gasteiger charge is -2.36. The van der Waals surface area contributed by atoms with Crippen LogP contribution in [-0.4, -0.2) is 51.3 Å². The molecule has 146 valence electrons. The van der Waals surface area contributed by atoms with Crippen LogP contribution in [-0.2, 0) is 6.18 Å². The van der Waals surface area contributed by atoms with Gasteiger partial charge < -0.3 is 15.0 Å². The number of hydrogen-bond donors (Lipinski definition) is 1. The minimum absolute atomic E-state index is 0.137. The van der Waals surface area contributed by atoms with E-state index in [2.05, 4.69) is 15.1 Å². The van der Waals surface area contributed by atoms with Gasteiger partial charge in [-0.05, 0) is 24.3 Å². The molecule has 0 spiro atoms. The van der Waals surface area contributed by atoms with Crippen molar-refractivity contribution in [3.8, 4) is 5.75 Å². The highest BCUT2D eigenvalue weighted by Gasteiger charge is 2.33. The van der Waals surface area contributed by atoms with Crippen molar-refractivity contribution in [2.75, 3.05) is 56.6 Å². The molecule has 0 unspecified atom stereocenters. The van der Waals surface area contributed by atoms with Crippen LogP contribution in [0.1, 0.15) is 5.56 Å². The van der Waals surface area contributed by atoms with Crippen molar-refractivity contribution in [2.45, 2.75) is 6.18 Å². The first-order valence-electron chi connectivity index (χ1n) is 8.99. The minimum atomic E-state index is -4.34. The number of para-hydroxylation sites is 3.